The summed E-state index contributed by atoms with van der Waals surface area (Å²) in [6.45, 7) is 1.46. The number of rotatable bonds is 5. The average Bonchev–Trinajstić information content (AvgIpc) is 2.39. The molecule has 19 heavy (non-hydrogen) atoms. The number of carbonyl (C=O) groups is 1. The zero-order chi connectivity index (χ0) is 13.7. The van der Waals surface area contributed by atoms with Crippen LogP contribution in [-0.4, -0.2) is 5.97 Å². The van der Waals surface area contributed by atoms with Gasteiger partial charge in [-0.15, -0.1) is 0 Å². The molecule has 4 heteroatoms. The van der Waals surface area contributed by atoms with Gasteiger partial charge in [-0.25, -0.2) is 0 Å². The highest BCUT2D eigenvalue weighted by molar-refractivity contribution is 9.10. The van der Waals surface area contributed by atoms with Crippen LogP contribution in [0.15, 0.2) is 53.0 Å². The Balaban J connectivity index is 1.87. The summed E-state index contributed by atoms with van der Waals surface area (Å²) in [5.74, 6) is -1.14. The topological polar surface area (TPSA) is 52.2 Å². The fourth-order valence-corrected chi connectivity index (χ4v) is 2.20. The van der Waals surface area contributed by atoms with Crippen molar-refractivity contribution in [1.82, 2.24) is 5.32 Å². The molecule has 98 valence electrons. The van der Waals surface area contributed by atoms with E-state index in [1.165, 1.54) is 5.56 Å². The molecule has 0 fully saturated rings. The van der Waals surface area contributed by atoms with Crippen molar-refractivity contribution in [3.63, 3.8) is 0 Å². The molecule has 0 heterocycles. The Morgan fingerprint density at radius 1 is 1.05 bits per heavy atom. The number of hydrogen-bond acceptors (Lipinski definition) is 3. The normalized spacial score (nSPS) is 10.4. The van der Waals surface area contributed by atoms with Gasteiger partial charge >= 0.3 is 0 Å². The fourth-order valence-electron chi connectivity index (χ4n) is 1.76. The molecular weight excluding hydrogens is 306 g/mol. The Hall–Kier alpha value is -1.65. The molecule has 0 radical (unpaired) electrons. The van der Waals surface area contributed by atoms with Crippen molar-refractivity contribution >= 4 is 21.9 Å². The maximum Gasteiger partial charge on any atom is 0.0715 e. The Kier molecular flexibility index (Phi) is 4.71. The van der Waals surface area contributed by atoms with Crippen LogP contribution in [-0.2, 0) is 13.1 Å². The summed E-state index contributed by atoms with van der Waals surface area (Å²) in [6.07, 6.45) is 0. The van der Waals surface area contributed by atoms with Crippen molar-refractivity contribution < 1.29 is 9.90 Å². The van der Waals surface area contributed by atoms with Crippen LogP contribution in [0.5, 0.6) is 0 Å². The van der Waals surface area contributed by atoms with Crippen molar-refractivity contribution in [3.05, 3.63) is 69.7 Å². The summed E-state index contributed by atoms with van der Waals surface area (Å²) < 4.78 is 1.06. The van der Waals surface area contributed by atoms with Gasteiger partial charge in [0.05, 0.1) is 5.97 Å². The standard InChI is InChI=1S/C15H14BrNO2/c16-14-3-1-2-12(8-14)10-17-9-11-4-6-13(7-5-11)15(18)19/h1-8,17H,9-10H2,(H,18,19)/p-1. The quantitative estimate of drug-likeness (QED) is 0.918. The number of halogens is 1. The minimum absolute atomic E-state index is 0.204. The molecule has 2 rings (SSSR count). The lowest BCUT2D eigenvalue weighted by Crippen LogP contribution is -2.22. The molecule has 0 atom stereocenters. The van der Waals surface area contributed by atoms with Gasteiger partial charge in [-0.05, 0) is 28.8 Å². The van der Waals surface area contributed by atoms with E-state index in [9.17, 15) is 9.90 Å². The lowest BCUT2D eigenvalue weighted by Gasteiger charge is -2.07. The predicted octanol–water partition coefficient (Wildman–Crippen LogP) is 2.10. The summed E-state index contributed by atoms with van der Waals surface area (Å²) in [5, 5.41) is 13.9. The molecule has 3 nitrogen and oxygen atoms in total. The van der Waals surface area contributed by atoms with Crippen molar-refractivity contribution in [2.75, 3.05) is 0 Å². The molecule has 0 aliphatic rings. The van der Waals surface area contributed by atoms with Crippen LogP contribution in [0.4, 0.5) is 0 Å². The smallest absolute Gasteiger partial charge is 0.0715 e. The van der Waals surface area contributed by atoms with Crippen molar-refractivity contribution in [3.8, 4) is 0 Å². The van der Waals surface area contributed by atoms with Gasteiger partial charge in [0.15, 0.2) is 0 Å². The highest BCUT2D eigenvalue weighted by Gasteiger charge is 1.97. The molecule has 0 saturated heterocycles. The first-order chi connectivity index (χ1) is 9.15. The first kappa shape index (κ1) is 13.8. The van der Waals surface area contributed by atoms with E-state index in [-0.39, 0.29) is 5.56 Å². The van der Waals surface area contributed by atoms with E-state index in [2.05, 4.69) is 33.4 Å². The van der Waals surface area contributed by atoms with Gasteiger partial charge in [0.25, 0.3) is 0 Å². The number of hydrogen-bond donors (Lipinski definition) is 1. The molecule has 0 aliphatic carbocycles. The third kappa shape index (κ3) is 4.19. The van der Waals surface area contributed by atoms with Gasteiger partial charge in [-0.3, -0.25) is 0 Å². The maximum absolute atomic E-state index is 10.6. The lowest BCUT2D eigenvalue weighted by molar-refractivity contribution is -0.255. The monoisotopic (exact) mass is 318 g/mol. The molecule has 0 spiro atoms. The number of aromatic carboxylic acids is 1. The largest absolute Gasteiger partial charge is 0.545 e. The van der Waals surface area contributed by atoms with Crippen LogP contribution in [0.1, 0.15) is 21.5 Å². The van der Waals surface area contributed by atoms with Crippen molar-refractivity contribution in [2.24, 2.45) is 0 Å². The van der Waals surface area contributed by atoms with Gasteiger partial charge in [0.2, 0.25) is 0 Å². The summed E-state index contributed by atoms with van der Waals surface area (Å²) in [5.41, 5.74) is 2.44. The van der Waals surface area contributed by atoms with Gasteiger partial charge < -0.3 is 15.2 Å². The van der Waals surface area contributed by atoms with Gasteiger partial charge in [-0.2, -0.15) is 0 Å². The van der Waals surface area contributed by atoms with Gasteiger partial charge in [-0.1, -0.05) is 52.3 Å². The van der Waals surface area contributed by atoms with E-state index in [0.29, 0.717) is 6.54 Å². The molecular formula is C15H13BrNO2-. The van der Waals surface area contributed by atoms with E-state index >= 15 is 0 Å². The second-order valence-electron chi connectivity index (χ2n) is 4.22. The second kappa shape index (κ2) is 6.50. The minimum Gasteiger partial charge on any atom is -0.545 e. The Labute approximate surface area is 120 Å². The predicted molar refractivity (Wildman–Crippen MR) is 75.5 cm³/mol. The maximum atomic E-state index is 10.6. The molecule has 0 unspecified atom stereocenters. The molecule has 2 aromatic rings. The molecule has 0 aliphatic heterocycles. The van der Waals surface area contributed by atoms with Crippen molar-refractivity contribution in [1.29, 1.82) is 0 Å². The summed E-state index contributed by atoms with van der Waals surface area (Å²) in [6, 6.07) is 14.8. The number of benzene rings is 2. The number of nitrogens with one attached hydrogen (secondary N) is 1. The van der Waals surface area contributed by atoms with E-state index in [4.69, 9.17) is 0 Å². The molecule has 0 aromatic heterocycles. The van der Waals surface area contributed by atoms with E-state index < -0.39 is 5.97 Å². The molecule has 0 amide bonds. The highest BCUT2D eigenvalue weighted by atomic mass is 79.9. The highest BCUT2D eigenvalue weighted by Crippen LogP contribution is 2.11. The number of carboxylic acids is 1. The zero-order valence-corrected chi connectivity index (χ0v) is 11.8. The van der Waals surface area contributed by atoms with Crippen LogP contribution in [0.3, 0.4) is 0 Å². The third-order valence-corrected chi connectivity index (χ3v) is 3.23. The lowest BCUT2D eigenvalue weighted by atomic mass is 10.1. The molecule has 0 bridgehead atoms. The summed E-state index contributed by atoms with van der Waals surface area (Å²) in [4.78, 5) is 10.6. The van der Waals surface area contributed by atoms with E-state index in [0.717, 1.165) is 16.6 Å². The van der Waals surface area contributed by atoms with Crippen LogP contribution >= 0.6 is 15.9 Å². The van der Waals surface area contributed by atoms with Gasteiger partial charge in [0, 0.05) is 17.6 Å². The van der Waals surface area contributed by atoms with E-state index in [1.807, 2.05) is 12.1 Å². The summed E-state index contributed by atoms with van der Waals surface area (Å²) >= 11 is 3.43. The average molecular weight is 319 g/mol. The molecule has 0 saturated carbocycles. The zero-order valence-electron chi connectivity index (χ0n) is 10.2. The van der Waals surface area contributed by atoms with Crippen LogP contribution < -0.4 is 10.4 Å². The number of carbonyl (C=O) groups excluding carboxylic acids is 1. The first-order valence-corrected chi connectivity index (χ1v) is 6.70. The fraction of sp³-hybridized carbons (Fsp3) is 0.133. The Bertz CT molecular complexity index is 567. The summed E-state index contributed by atoms with van der Waals surface area (Å²) in [7, 11) is 0. The molecule has 2 aromatic carbocycles. The Morgan fingerprint density at radius 2 is 1.74 bits per heavy atom. The minimum atomic E-state index is -1.14. The van der Waals surface area contributed by atoms with Crippen LogP contribution in [0.25, 0.3) is 0 Å². The second-order valence-corrected chi connectivity index (χ2v) is 5.13. The first-order valence-electron chi connectivity index (χ1n) is 5.90. The van der Waals surface area contributed by atoms with Crippen LogP contribution in [0, 0.1) is 0 Å². The SMILES string of the molecule is O=C([O-])c1ccc(CNCc2cccc(Br)c2)cc1. The number of carboxylic acid groups (broad SMARTS) is 1. The van der Waals surface area contributed by atoms with Crippen LogP contribution in [0.2, 0.25) is 0 Å². The Morgan fingerprint density at radius 3 is 2.37 bits per heavy atom. The van der Waals surface area contributed by atoms with Crippen molar-refractivity contribution in [2.45, 2.75) is 13.1 Å². The molecule has 1 N–H and O–H groups in total. The van der Waals surface area contributed by atoms with E-state index in [1.54, 1.807) is 24.3 Å². The third-order valence-electron chi connectivity index (χ3n) is 2.74. The van der Waals surface area contributed by atoms with Gasteiger partial charge in [0.1, 0.15) is 0 Å².